The molecule has 1 unspecified atom stereocenters. The SMILES string of the molecule is O=C(CCC1CCCC1)N(CCc1csc2nc(-c3ccc(Cl)cc3)cn12)CC1CCCO1. The molecule has 1 aromatic carbocycles. The van der Waals surface area contributed by atoms with Crippen LogP contribution in [0.3, 0.4) is 0 Å². The third-order valence-electron chi connectivity index (χ3n) is 7.10. The van der Waals surface area contributed by atoms with Crippen molar-refractivity contribution in [3.05, 3.63) is 46.6 Å². The molecule has 3 heterocycles. The fourth-order valence-electron chi connectivity index (χ4n) is 5.15. The Morgan fingerprint density at radius 3 is 2.76 bits per heavy atom. The highest BCUT2D eigenvalue weighted by atomic mass is 35.5. The summed E-state index contributed by atoms with van der Waals surface area (Å²) >= 11 is 7.68. The highest BCUT2D eigenvalue weighted by Crippen LogP contribution is 2.29. The summed E-state index contributed by atoms with van der Waals surface area (Å²) in [6.45, 7) is 2.27. The van der Waals surface area contributed by atoms with Crippen molar-refractivity contribution in [1.29, 1.82) is 0 Å². The van der Waals surface area contributed by atoms with E-state index in [1.165, 1.54) is 31.4 Å². The number of benzene rings is 1. The van der Waals surface area contributed by atoms with Crippen LogP contribution in [0.15, 0.2) is 35.8 Å². The number of imidazole rings is 1. The van der Waals surface area contributed by atoms with Crippen LogP contribution in [0.25, 0.3) is 16.2 Å². The first-order chi connectivity index (χ1) is 16.2. The maximum Gasteiger partial charge on any atom is 0.222 e. The van der Waals surface area contributed by atoms with Gasteiger partial charge in [-0.05, 0) is 37.3 Å². The van der Waals surface area contributed by atoms with Crippen molar-refractivity contribution in [2.24, 2.45) is 5.92 Å². The van der Waals surface area contributed by atoms with E-state index in [9.17, 15) is 4.79 Å². The Bertz CT molecular complexity index is 1070. The van der Waals surface area contributed by atoms with Crippen molar-refractivity contribution >= 4 is 33.8 Å². The van der Waals surface area contributed by atoms with Crippen LogP contribution in [0, 0.1) is 5.92 Å². The molecule has 1 amide bonds. The summed E-state index contributed by atoms with van der Waals surface area (Å²) < 4.78 is 8.03. The number of hydrogen-bond donors (Lipinski definition) is 0. The zero-order valence-corrected chi connectivity index (χ0v) is 20.6. The largest absolute Gasteiger partial charge is 0.376 e. The van der Waals surface area contributed by atoms with Gasteiger partial charge in [0.1, 0.15) is 0 Å². The van der Waals surface area contributed by atoms with Gasteiger partial charge in [0.2, 0.25) is 5.91 Å². The number of thiazole rings is 1. The Hall–Kier alpha value is -1.89. The van der Waals surface area contributed by atoms with E-state index in [0.29, 0.717) is 6.42 Å². The van der Waals surface area contributed by atoms with Gasteiger partial charge in [-0.3, -0.25) is 9.20 Å². The van der Waals surface area contributed by atoms with Crippen molar-refractivity contribution in [2.45, 2.75) is 63.9 Å². The zero-order chi connectivity index (χ0) is 22.6. The summed E-state index contributed by atoms with van der Waals surface area (Å²) in [5.41, 5.74) is 3.20. The average molecular weight is 486 g/mol. The molecule has 2 fully saturated rings. The third-order valence-corrected chi connectivity index (χ3v) is 8.24. The van der Waals surface area contributed by atoms with E-state index in [1.807, 2.05) is 24.3 Å². The highest BCUT2D eigenvalue weighted by Gasteiger charge is 2.24. The summed E-state index contributed by atoms with van der Waals surface area (Å²) in [6, 6.07) is 7.79. The molecular weight excluding hydrogens is 454 g/mol. The number of ether oxygens (including phenoxy) is 1. The van der Waals surface area contributed by atoms with E-state index >= 15 is 0 Å². The molecular formula is C26H32ClN3O2S. The van der Waals surface area contributed by atoms with Gasteiger partial charge >= 0.3 is 0 Å². The van der Waals surface area contributed by atoms with Gasteiger partial charge in [-0.2, -0.15) is 0 Å². The van der Waals surface area contributed by atoms with Gasteiger partial charge in [0.15, 0.2) is 4.96 Å². The molecule has 0 bridgehead atoms. The first-order valence-corrected chi connectivity index (χ1v) is 13.5. The maximum absolute atomic E-state index is 13.2. The topological polar surface area (TPSA) is 46.8 Å². The Morgan fingerprint density at radius 2 is 2.00 bits per heavy atom. The Morgan fingerprint density at radius 1 is 1.18 bits per heavy atom. The van der Waals surface area contributed by atoms with Crippen LogP contribution in [0.5, 0.6) is 0 Å². The van der Waals surface area contributed by atoms with Crippen LogP contribution in [0.1, 0.15) is 57.1 Å². The lowest BCUT2D eigenvalue weighted by Gasteiger charge is -2.26. The zero-order valence-electron chi connectivity index (χ0n) is 19.0. The van der Waals surface area contributed by atoms with Crippen LogP contribution in [0.4, 0.5) is 0 Å². The molecule has 33 heavy (non-hydrogen) atoms. The van der Waals surface area contributed by atoms with Gasteiger partial charge in [0.25, 0.3) is 0 Å². The van der Waals surface area contributed by atoms with Gasteiger partial charge in [0, 0.05) is 60.4 Å². The van der Waals surface area contributed by atoms with E-state index in [2.05, 4.69) is 20.9 Å². The van der Waals surface area contributed by atoms with Crippen LogP contribution in [-0.2, 0) is 16.0 Å². The van der Waals surface area contributed by atoms with Crippen molar-refractivity contribution in [2.75, 3.05) is 19.7 Å². The lowest BCUT2D eigenvalue weighted by molar-refractivity contribution is -0.133. The van der Waals surface area contributed by atoms with Crippen LogP contribution < -0.4 is 0 Å². The summed E-state index contributed by atoms with van der Waals surface area (Å²) in [7, 11) is 0. The molecule has 1 saturated carbocycles. The van der Waals surface area contributed by atoms with Gasteiger partial charge < -0.3 is 9.64 Å². The minimum absolute atomic E-state index is 0.188. The maximum atomic E-state index is 13.2. The second-order valence-electron chi connectivity index (χ2n) is 9.43. The molecule has 1 atom stereocenters. The van der Waals surface area contributed by atoms with Gasteiger partial charge in [-0.25, -0.2) is 4.98 Å². The molecule has 1 aliphatic carbocycles. The number of nitrogens with zero attached hydrogens (tertiary/aromatic N) is 3. The van der Waals surface area contributed by atoms with E-state index in [0.717, 1.165) is 72.5 Å². The number of fused-ring (bicyclic) bond motifs is 1. The molecule has 7 heteroatoms. The van der Waals surface area contributed by atoms with Crippen LogP contribution in [0.2, 0.25) is 5.02 Å². The third kappa shape index (κ3) is 5.61. The Balaban J connectivity index is 1.26. The summed E-state index contributed by atoms with van der Waals surface area (Å²) in [6.07, 6.45) is 12.2. The fourth-order valence-corrected chi connectivity index (χ4v) is 6.19. The lowest BCUT2D eigenvalue weighted by atomic mass is 10.0. The molecule has 0 N–H and O–H groups in total. The quantitative estimate of drug-likeness (QED) is 0.360. The van der Waals surface area contributed by atoms with Crippen molar-refractivity contribution in [3.63, 3.8) is 0 Å². The number of halogens is 1. The van der Waals surface area contributed by atoms with E-state index in [-0.39, 0.29) is 12.0 Å². The van der Waals surface area contributed by atoms with Crippen molar-refractivity contribution in [1.82, 2.24) is 14.3 Å². The number of aromatic nitrogens is 2. The van der Waals surface area contributed by atoms with Gasteiger partial charge in [0.05, 0.1) is 11.8 Å². The van der Waals surface area contributed by atoms with E-state index < -0.39 is 0 Å². The molecule has 0 spiro atoms. The van der Waals surface area contributed by atoms with E-state index in [4.69, 9.17) is 21.3 Å². The highest BCUT2D eigenvalue weighted by molar-refractivity contribution is 7.15. The number of amides is 1. The Kier molecular flexibility index (Phi) is 7.34. The normalized spacial score (nSPS) is 19.0. The second-order valence-corrected chi connectivity index (χ2v) is 10.7. The van der Waals surface area contributed by atoms with Crippen molar-refractivity contribution < 1.29 is 9.53 Å². The molecule has 2 aliphatic rings. The first-order valence-electron chi connectivity index (χ1n) is 12.3. The molecule has 1 aliphatic heterocycles. The van der Waals surface area contributed by atoms with E-state index in [1.54, 1.807) is 11.3 Å². The number of carbonyl (C=O) groups excluding carboxylic acids is 1. The molecule has 176 valence electrons. The molecule has 3 aromatic rings. The van der Waals surface area contributed by atoms with Gasteiger partial charge in [-0.1, -0.05) is 49.4 Å². The minimum Gasteiger partial charge on any atom is -0.376 e. The van der Waals surface area contributed by atoms with Gasteiger partial charge in [-0.15, -0.1) is 11.3 Å². The lowest BCUT2D eigenvalue weighted by Crippen LogP contribution is -2.39. The average Bonchev–Trinajstić information content (AvgIpc) is 3.62. The first kappa shape index (κ1) is 22.9. The molecule has 2 aromatic heterocycles. The molecule has 1 saturated heterocycles. The summed E-state index contributed by atoms with van der Waals surface area (Å²) in [5, 5.41) is 2.89. The number of carbonyl (C=O) groups is 1. The smallest absolute Gasteiger partial charge is 0.222 e. The number of rotatable bonds is 9. The standard InChI is InChI=1S/C26H32ClN3O2S/c27-21-10-8-20(9-11-21)24-17-30-22(18-33-26(30)28-24)13-14-29(16-23-6-3-15-32-23)25(31)12-7-19-4-1-2-5-19/h8-11,17-19,23H,1-7,12-16H2. The summed E-state index contributed by atoms with van der Waals surface area (Å²) in [4.78, 5) is 21.0. The van der Waals surface area contributed by atoms with Crippen molar-refractivity contribution in [3.8, 4) is 11.3 Å². The van der Waals surface area contributed by atoms with Crippen LogP contribution >= 0.6 is 22.9 Å². The van der Waals surface area contributed by atoms with Crippen LogP contribution in [-0.4, -0.2) is 46.0 Å². The predicted octanol–water partition coefficient (Wildman–Crippen LogP) is 6.24. The molecule has 5 nitrogen and oxygen atoms in total. The second kappa shape index (κ2) is 10.6. The Labute approximate surface area is 204 Å². The monoisotopic (exact) mass is 485 g/mol. The predicted molar refractivity (Wildman–Crippen MR) is 134 cm³/mol. The minimum atomic E-state index is 0.188. The fraction of sp³-hybridized carbons (Fsp3) is 0.538. The molecule has 0 radical (unpaired) electrons. The number of hydrogen-bond acceptors (Lipinski definition) is 4. The summed E-state index contributed by atoms with van der Waals surface area (Å²) in [5.74, 6) is 1.03. The molecule has 5 rings (SSSR count).